The maximum atomic E-state index is 11.3. The summed E-state index contributed by atoms with van der Waals surface area (Å²) in [5, 5.41) is 18.3. The number of hydrogen-bond donors (Lipinski definition) is 1. The first-order chi connectivity index (χ1) is 23.1. The number of carboxylic acid groups (broad SMARTS) is 1. The first-order valence-corrected chi connectivity index (χ1v) is 16.9. The molecule has 0 aliphatic heterocycles. The van der Waals surface area contributed by atoms with Crippen LogP contribution in [0, 0.1) is 11.3 Å². The van der Waals surface area contributed by atoms with E-state index in [1.807, 2.05) is 30.3 Å². The Bertz CT molecular complexity index is 2250. The first-order valence-electron chi connectivity index (χ1n) is 14.6. The van der Waals surface area contributed by atoms with E-state index in [1.54, 1.807) is 17.4 Å². The number of thiophene rings is 2. The predicted molar refractivity (Wildman–Crippen MR) is 195 cm³/mol. The highest BCUT2D eigenvalue weighted by Crippen LogP contribution is 2.40. The van der Waals surface area contributed by atoms with Crippen molar-refractivity contribution in [1.29, 1.82) is 5.26 Å². The number of anilines is 3. The number of aliphatic carboxylic acids is 1. The normalized spacial score (nSPS) is 11.6. The van der Waals surface area contributed by atoms with E-state index in [-0.39, 0.29) is 5.57 Å². The standard InChI is InChI=1S/C38H24N4O2S3/c39-24-26(38(43)44)23-31-18-22-35(46-31)33-20-19-32(36-37(33)41-47-40-36)34-21-17-30(45-34)16-13-25-11-14-29(15-12-25)42(27-7-3-1-4-8-27)28-9-5-2-6-10-28/h1-23H,(H,43,44)/b16-13+,26-23+. The fraction of sp³-hybridized carbons (Fsp3) is 0. The molecule has 4 aromatic carbocycles. The number of rotatable bonds is 9. The molecule has 1 N–H and O–H groups in total. The zero-order chi connectivity index (χ0) is 32.2. The summed E-state index contributed by atoms with van der Waals surface area (Å²) in [7, 11) is 0. The lowest BCUT2D eigenvalue weighted by molar-refractivity contribution is -0.132. The number of para-hydroxylation sites is 2. The summed E-state index contributed by atoms with van der Waals surface area (Å²) in [6.45, 7) is 0. The molecule has 0 aliphatic carbocycles. The van der Waals surface area contributed by atoms with Crippen LogP contribution >= 0.6 is 34.4 Å². The average Bonchev–Trinajstić information content (AvgIpc) is 3.89. The zero-order valence-corrected chi connectivity index (χ0v) is 27.1. The van der Waals surface area contributed by atoms with Crippen LogP contribution in [0.25, 0.3) is 50.1 Å². The van der Waals surface area contributed by atoms with Crippen molar-refractivity contribution >= 4 is 86.7 Å². The third-order valence-electron chi connectivity index (χ3n) is 7.46. The topological polar surface area (TPSA) is 90.1 Å². The SMILES string of the molecule is N#C/C(=C\c1ccc(-c2ccc(-c3ccc(/C=C/c4ccc(N(c5ccccc5)c5ccccc5)cc4)s3)c3nsnc23)s1)C(=O)O. The van der Waals surface area contributed by atoms with Gasteiger partial charge in [-0.1, -0.05) is 66.7 Å². The van der Waals surface area contributed by atoms with E-state index in [9.17, 15) is 9.90 Å². The van der Waals surface area contributed by atoms with Crippen molar-refractivity contribution in [3.8, 4) is 27.0 Å². The van der Waals surface area contributed by atoms with E-state index in [2.05, 4.69) is 117 Å². The van der Waals surface area contributed by atoms with Gasteiger partial charge < -0.3 is 10.0 Å². The summed E-state index contributed by atoms with van der Waals surface area (Å²) in [6, 6.07) is 43.1. The monoisotopic (exact) mass is 664 g/mol. The maximum Gasteiger partial charge on any atom is 0.346 e. The largest absolute Gasteiger partial charge is 0.477 e. The number of hydrogen-bond acceptors (Lipinski definition) is 8. The van der Waals surface area contributed by atoms with Crippen molar-refractivity contribution < 1.29 is 9.90 Å². The van der Waals surface area contributed by atoms with Gasteiger partial charge in [0.2, 0.25) is 0 Å². The highest BCUT2D eigenvalue weighted by Gasteiger charge is 2.16. The van der Waals surface area contributed by atoms with E-state index >= 15 is 0 Å². The van der Waals surface area contributed by atoms with Crippen LogP contribution in [0.3, 0.4) is 0 Å². The lowest BCUT2D eigenvalue weighted by Crippen LogP contribution is -2.09. The van der Waals surface area contributed by atoms with Crippen molar-refractivity contribution in [1.82, 2.24) is 8.75 Å². The third kappa shape index (κ3) is 6.39. The number of carbonyl (C=O) groups is 1. The molecular formula is C38H24N4O2S3. The maximum absolute atomic E-state index is 11.3. The van der Waals surface area contributed by atoms with Gasteiger partial charge in [0.25, 0.3) is 0 Å². The molecule has 0 bridgehead atoms. The Hall–Kier alpha value is -5.66. The van der Waals surface area contributed by atoms with Crippen molar-refractivity contribution in [3.63, 3.8) is 0 Å². The van der Waals surface area contributed by atoms with Crippen molar-refractivity contribution in [2.24, 2.45) is 0 Å². The Morgan fingerprint density at radius 1 is 0.660 bits per heavy atom. The number of fused-ring (bicyclic) bond motifs is 1. The molecule has 7 rings (SSSR count). The molecule has 226 valence electrons. The zero-order valence-electron chi connectivity index (χ0n) is 24.6. The number of nitrogens with zero attached hydrogens (tertiary/aromatic N) is 4. The minimum absolute atomic E-state index is 0.299. The molecule has 0 atom stereocenters. The summed E-state index contributed by atoms with van der Waals surface area (Å²) in [5.41, 5.74) is 7.68. The summed E-state index contributed by atoms with van der Waals surface area (Å²) < 4.78 is 9.23. The van der Waals surface area contributed by atoms with E-state index in [1.165, 1.54) is 29.1 Å². The molecule has 6 nitrogen and oxygen atoms in total. The molecule has 0 saturated heterocycles. The van der Waals surface area contributed by atoms with Crippen LogP contribution in [0.2, 0.25) is 0 Å². The van der Waals surface area contributed by atoms with E-state index in [0.29, 0.717) is 4.88 Å². The third-order valence-corrected chi connectivity index (χ3v) is 10.1. The summed E-state index contributed by atoms with van der Waals surface area (Å²) in [6.07, 6.45) is 5.65. The van der Waals surface area contributed by atoms with Crippen LogP contribution in [0.4, 0.5) is 17.1 Å². The molecule has 9 heteroatoms. The van der Waals surface area contributed by atoms with Gasteiger partial charge in [-0.15, -0.1) is 22.7 Å². The smallest absolute Gasteiger partial charge is 0.346 e. The van der Waals surface area contributed by atoms with Gasteiger partial charge in [-0.25, -0.2) is 4.79 Å². The molecule has 47 heavy (non-hydrogen) atoms. The molecule has 0 radical (unpaired) electrons. The summed E-state index contributed by atoms with van der Waals surface area (Å²) in [5.74, 6) is -1.24. The fourth-order valence-electron chi connectivity index (χ4n) is 5.22. The van der Waals surface area contributed by atoms with Gasteiger partial charge >= 0.3 is 5.97 Å². The highest BCUT2D eigenvalue weighted by atomic mass is 32.1. The summed E-state index contributed by atoms with van der Waals surface area (Å²) >= 11 is 4.28. The second-order valence-corrected chi connectivity index (χ2v) is 13.2. The van der Waals surface area contributed by atoms with E-state index < -0.39 is 5.97 Å². The Labute approximate surface area is 283 Å². The van der Waals surface area contributed by atoms with Gasteiger partial charge in [-0.2, -0.15) is 14.0 Å². The lowest BCUT2D eigenvalue weighted by atomic mass is 10.1. The average molecular weight is 665 g/mol. The minimum atomic E-state index is -1.24. The Morgan fingerprint density at radius 3 is 1.74 bits per heavy atom. The Balaban J connectivity index is 1.11. The van der Waals surface area contributed by atoms with E-state index in [0.717, 1.165) is 59.4 Å². The number of nitriles is 1. The van der Waals surface area contributed by atoms with Crippen LogP contribution in [0.5, 0.6) is 0 Å². The predicted octanol–water partition coefficient (Wildman–Crippen LogP) is 10.8. The Kier molecular flexibility index (Phi) is 8.54. The number of benzene rings is 4. The second-order valence-electron chi connectivity index (χ2n) is 10.4. The number of aromatic nitrogens is 2. The molecule has 3 heterocycles. The molecule has 7 aromatic rings. The van der Waals surface area contributed by atoms with Gasteiger partial charge in [-0.05, 0) is 78.4 Å². The quantitative estimate of drug-likeness (QED) is 0.122. The van der Waals surface area contributed by atoms with Gasteiger partial charge in [0.15, 0.2) is 0 Å². The molecule has 0 saturated carbocycles. The van der Waals surface area contributed by atoms with Gasteiger partial charge in [-0.3, -0.25) is 0 Å². The molecule has 0 unspecified atom stereocenters. The van der Waals surface area contributed by atoms with Crippen LogP contribution < -0.4 is 4.90 Å². The first kappa shape index (κ1) is 30.0. The minimum Gasteiger partial charge on any atom is -0.477 e. The van der Waals surface area contributed by atoms with Crippen molar-refractivity contribution in [3.05, 3.63) is 142 Å². The highest BCUT2D eigenvalue weighted by molar-refractivity contribution is 7.17. The van der Waals surface area contributed by atoms with E-state index in [4.69, 9.17) is 5.26 Å². The molecule has 3 aromatic heterocycles. The van der Waals surface area contributed by atoms with Gasteiger partial charge in [0.05, 0.1) is 11.7 Å². The summed E-state index contributed by atoms with van der Waals surface area (Å²) in [4.78, 5) is 17.3. The second kappa shape index (κ2) is 13.4. The lowest BCUT2D eigenvalue weighted by Gasteiger charge is -2.25. The van der Waals surface area contributed by atoms with Crippen molar-refractivity contribution in [2.75, 3.05) is 4.90 Å². The Morgan fingerprint density at radius 2 is 1.19 bits per heavy atom. The van der Waals surface area contributed by atoms with Crippen molar-refractivity contribution in [2.45, 2.75) is 0 Å². The van der Waals surface area contributed by atoms with Gasteiger partial charge in [0, 0.05) is 47.7 Å². The molecule has 0 aliphatic rings. The van der Waals surface area contributed by atoms with Gasteiger partial charge in [0.1, 0.15) is 22.7 Å². The molecule has 0 amide bonds. The van der Waals surface area contributed by atoms with Crippen LogP contribution in [0.1, 0.15) is 15.3 Å². The molecular weight excluding hydrogens is 641 g/mol. The van der Waals surface area contributed by atoms with Crippen LogP contribution in [-0.4, -0.2) is 19.8 Å². The molecule has 0 fully saturated rings. The molecule has 0 spiro atoms. The fourth-order valence-corrected chi connectivity index (χ4v) is 7.71. The van der Waals surface area contributed by atoms with Crippen LogP contribution in [0.15, 0.2) is 127 Å². The van der Waals surface area contributed by atoms with Crippen LogP contribution in [-0.2, 0) is 4.79 Å². The number of carboxylic acids is 1.